The maximum absolute atomic E-state index is 13.4. The van der Waals surface area contributed by atoms with Crippen molar-refractivity contribution in [3.05, 3.63) is 54.2 Å². The average Bonchev–Trinajstić information content (AvgIpc) is 2.92. The van der Waals surface area contributed by atoms with Crippen LogP contribution in [0.15, 0.2) is 52.0 Å². The van der Waals surface area contributed by atoms with Crippen molar-refractivity contribution in [3.63, 3.8) is 0 Å². The van der Waals surface area contributed by atoms with Crippen LogP contribution in [0.5, 0.6) is 0 Å². The van der Waals surface area contributed by atoms with Crippen molar-refractivity contribution in [1.82, 2.24) is 4.72 Å². The predicted molar refractivity (Wildman–Crippen MR) is 69.9 cm³/mol. The number of hydrogen-bond acceptors (Lipinski definition) is 4. The lowest BCUT2D eigenvalue weighted by molar-refractivity contribution is 0.141. The van der Waals surface area contributed by atoms with Gasteiger partial charge in [0.05, 0.1) is 6.26 Å². The number of nitrogens with one attached hydrogen (secondary N) is 1. The van der Waals surface area contributed by atoms with Crippen LogP contribution in [0.4, 0.5) is 4.39 Å². The maximum Gasteiger partial charge on any atom is 0.243 e. The Kier molecular flexibility index (Phi) is 4.53. The molecule has 0 radical (unpaired) electrons. The summed E-state index contributed by atoms with van der Waals surface area (Å²) in [6.45, 7) is -0.0292. The minimum Gasteiger partial charge on any atom is -0.467 e. The summed E-state index contributed by atoms with van der Waals surface area (Å²) in [7, 11) is -3.92. The van der Waals surface area contributed by atoms with E-state index in [0.29, 0.717) is 5.76 Å². The zero-order valence-corrected chi connectivity index (χ0v) is 11.3. The van der Waals surface area contributed by atoms with Gasteiger partial charge in [0, 0.05) is 6.54 Å². The van der Waals surface area contributed by atoms with Crippen molar-refractivity contribution in [2.75, 3.05) is 6.54 Å². The molecule has 2 N–H and O–H groups in total. The summed E-state index contributed by atoms with van der Waals surface area (Å²) in [6, 6.07) is 8.33. The fourth-order valence-corrected chi connectivity index (χ4v) is 2.82. The number of aliphatic hydroxyl groups is 1. The number of sulfonamides is 1. The van der Waals surface area contributed by atoms with Gasteiger partial charge in [-0.25, -0.2) is 17.5 Å². The molecule has 0 aliphatic rings. The molecule has 7 heteroatoms. The Morgan fingerprint density at radius 3 is 2.65 bits per heavy atom. The number of halogens is 1. The smallest absolute Gasteiger partial charge is 0.243 e. The van der Waals surface area contributed by atoms with E-state index in [4.69, 9.17) is 4.42 Å². The highest BCUT2D eigenvalue weighted by Gasteiger charge is 2.19. The lowest BCUT2D eigenvalue weighted by Crippen LogP contribution is -2.26. The largest absolute Gasteiger partial charge is 0.467 e. The van der Waals surface area contributed by atoms with Gasteiger partial charge in [0.25, 0.3) is 0 Å². The summed E-state index contributed by atoms with van der Waals surface area (Å²) >= 11 is 0. The Bertz CT molecular complexity index is 655. The van der Waals surface area contributed by atoms with Crippen LogP contribution in [0.2, 0.25) is 0 Å². The fraction of sp³-hybridized carbons (Fsp3) is 0.231. The van der Waals surface area contributed by atoms with Gasteiger partial charge in [-0.1, -0.05) is 12.1 Å². The quantitative estimate of drug-likeness (QED) is 0.852. The lowest BCUT2D eigenvalue weighted by Gasteiger charge is -2.10. The molecule has 2 aromatic rings. The van der Waals surface area contributed by atoms with Crippen molar-refractivity contribution in [1.29, 1.82) is 0 Å². The molecule has 1 aromatic carbocycles. The van der Waals surface area contributed by atoms with E-state index in [1.807, 2.05) is 0 Å². The second-order valence-corrected chi connectivity index (χ2v) is 5.88. The van der Waals surface area contributed by atoms with Crippen LogP contribution >= 0.6 is 0 Å². The fourth-order valence-electron chi connectivity index (χ4n) is 1.69. The first-order valence-electron chi connectivity index (χ1n) is 5.96. The molecule has 1 aromatic heterocycles. The Labute approximate surface area is 116 Å². The SMILES string of the molecule is O=S(=O)(NCCC(O)c1ccco1)c1ccccc1F. The summed E-state index contributed by atoms with van der Waals surface area (Å²) < 4.78 is 44.4. The Morgan fingerprint density at radius 2 is 2.00 bits per heavy atom. The number of benzene rings is 1. The van der Waals surface area contributed by atoms with Crippen molar-refractivity contribution in [3.8, 4) is 0 Å². The third-order valence-corrected chi connectivity index (χ3v) is 4.20. The van der Waals surface area contributed by atoms with Gasteiger partial charge < -0.3 is 9.52 Å². The molecule has 0 fully saturated rings. The highest BCUT2D eigenvalue weighted by molar-refractivity contribution is 7.89. The molecule has 0 bridgehead atoms. The van der Waals surface area contributed by atoms with Crippen LogP contribution in [0, 0.1) is 5.82 Å². The number of rotatable bonds is 6. The van der Waals surface area contributed by atoms with Crippen molar-refractivity contribution in [2.24, 2.45) is 0 Å². The van der Waals surface area contributed by atoms with Gasteiger partial charge in [-0.3, -0.25) is 0 Å². The van der Waals surface area contributed by atoms with Crippen LogP contribution in [-0.4, -0.2) is 20.1 Å². The predicted octanol–water partition coefficient (Wildman–Crippen LogP) is 1.82. The third kappa shape index (κ3) is 3.44. The number of hydrogen-bond donors (Lipinski definition) is 2. The van der Waals surface area contributed by atoms with E-state index in [-0.39, 0.29) is 13.0 Å². The standard InChI is InChI=1S/C13H14FNO4S/c14-10-4-1-2-6-13(10)20(17,18)15-8-7-11(16)12-5-3-9-19-12/h1-6,9,11,15-16H,7-8H2. The van der Waals surface area contributed by atoms with Crippen molar-refractivity contribution in [2.45, 2.75) is 17.4 Å². The summed E-state index contributed by atoms with van der Waals surface area (Å²) in [5.41, 5.74) is 0. The molecule has 1 unspecified atom stereocenters. The molecule has 0 saturated heterocycles. The first-order chi connectivity index (χ1) is 9.50. The topological polar surface area (TPSA) is 79.5 Å². The second-order valence-electron chi connectivity index (χ2n) is 4.15. The van der Waals surface area contributed by atoms with Crippen LogP contribution in [0.25, 0.3) is 0 Å². The minimum atomic E-state index is -3.92. The first kappa shape index (κ1) is 14.7. The van der Waals surface area contributed by atoms with Gasteiger partial charge in [-0.15, -0.1) is 0 Å². The Balaban J connectivity index is 1.95. The molecule has 5 nitrogen and oxygen atoms in total. The van der Waals surface area contributed by atoms with E-state index in [2.05, 4.69) is 4.72 Å². The molecule has 0 amide bonds. The molecule has 2 rings (SSSR count). The summed E-state index contributed by atoms with van der Waals surface area (Å²) in [4.78, 5) is -0.410. The Morgan fingerprint density at radius 1 is 1.25 bits per heavy atom. The van der Waals surface area contributed by atoms with Gasteiger partial charge in [-0.2, -0.15) is 0 Å². The van der Waals surface area contributed by atoms with Crippen LogP contribution < -0.4 is 4.72 Å². The van der Waals surface area contributed by atoms with E-state index >= 15 is 0 Å². The molecule has 0 spiro atoms. The van der Waals surface area contributed by atoms with Crippen molar-refractivity contribution < 1.29 is 22.3 Å². The summed E-state index contributed by atoms with van der Waals surface area (Å²) in [5.74, 6) is -0.457. The van der Waals surface area contributed by atoms with Crippen LogP contribution in [-0.2, 0) is 10.0 Å². The maximum atomic E-state index is 13.4. The third-order valence-electron chi connectivity index (χ3n) is 2.71. The normalized spacial score (nSPS) is 13.3. The first-order valence-corrected chi connectivity index (χ1v) is 7.44. The molecule has 0 saturated carbocycles. The van der Waals surface area contributed by atoms with E-state index in [1.54, 1.807) is 12.1 Å². The monoisotopic (exact) mass is 299 g/mol. The molecular formula is C13H14FNO4S. The highest BCUT2D eigenvalue weighted by atomic mass is 32.2. The van der Waals surface area contributed by atoms with E-state index < -0.39 is 26.8 Å². The average molecular weight is 299 g/mol. The van der Waals surface area contributed by atoms with Gasteiger partial charge in [0.1, 0.15) is 22.6 Å². The highest BCUT2D eigenvalue weighted by Crippen LogP contribution is 2.17. The molecule has 108 valence electrons. The molecule has 0 aliphatic heterocycles. The van der Waals surface area contributed by atoms with E-state index in [1.165, 1.54) is 24.5 Å². The molecule has 1 atom stereocenters. The number of aliphatic hydroxyl groups excluding tert-OH is 1. The molecule has 0 aliphatic carbocycles. The van der Waals surface area contributed by atoms with E-state index in [9.17, 15) is 17.9 Å². The van der Waals surface area contributed by atoms with E-state index in [0.717, 1.165) is 6.07 Å². The summed E-state index contributed by atoms with van der Waals surface area (Å²) in [6.07, 6.45) is 0.636. The minimum absolute atomic E-state index is 0.0292. The van der Waals surface area contributed by atoms with Crippen molar-refractivity contribution >= 4 is 10.0 Å². The van der Waals surface area contributed by atoms with Gasteiger partial charge in [-0.05, 0) is 30.7 Å². The van der Waals surface area contributed by atoms with Crippen LogP contribution in [0.1, 0.15) is 18.3 Å². The number of furan rings is 1. The Hall–Kier alpha value is -1.70. The molecule has 1 heterocycles. The van der Waals surface area contributed by atoms with Gasteiger partial charge in [0.2, 0.25) is 10.0 Å². The molecular weight excluding hydrogens is 285 g/mol. The van der Waals surface area contributed by atoms with Gasteiger partial charge in [0.15, 0.2) is 0 Å². The zero-order valence-electron chi connectivity index (χ0n) is 10.5. The van der Waals surface area contributed by atoms with Crippen LogP contribution in [0.3, 0.4) is 0 Å². The van der Waals surface area contributed by atoms with Gasteiger partial charge >= 0.3 is 0 Å². The second kappa shape index (κ2) is 6.17. The summed E-state index contributed by atoms with van der Waals surface area (Å²) in [5, 5.41) is 9.73. The zero-order chi connectivity index (χ0) is 14.6. The lowest BCUT2D eigenvalue weighted by atomic mass is 10.2. The molecule has 20 heavy (non-hydrogen) atoms.